The Kier molecular flexibility index (Phi) is 8.02. The molecule has 1 amide bonds. The van der Waals surface area contributed by atoms with Gasteiger partial charge in [-0.2, -0.15) is 0 Å². The van der Waals surface area contributed by atoms with Gasteiger partial charge in [-0.1, -0.05) is 13.8 Å². The molecule has 1 heterocycles. The number of carbonyl (C=O) groups is 1. The second-order valence-corrected chi connectivity index (χ2v) is 5.47. The van der Waals surface area contributed by atoms with Crippen molar-refractivity contribution in [2.24, 2.45) is 5.92 Å². The van der Waals surface area contributed by atoms with Crippen molar-refractivity contribution in [2.75, 3.05) is 46.4 Å². The molecule has 0 aromatic rings. The lowest BCUT2D eigenvalue weighted by Crippen LogP contribution is -2.51. The number of nitrogens with zero attached hydrogens (tertiary/aromatic N) is 1. The molecule has 19 heavy (non-hydrogen) atoms. The van der Waals surface area contributed by atoms with Crippen molar-refractivity contribution < 1.29 is 9.53 Å². The summed E-state index contributed by atoms with van der Waals surface area (Å²) in [4.78, 5) is 14.2. The predicted octanol–water partition coefficient (Wildman–Crippen LogP) is 0.459. The number of hydrogen-bond acceptors (Lipinski definition) is 4. The van der Waals surface area contributed by atoms with Crippen LogP contribution in [0.15, 0.2) is 0 Å². The van der Waals surface area contributed by atoms with Crippen LogP contribution in [0.5, 0.6) is 0 Å². The van der Waals surface area contributed by atoms with Crippen LogP contribution >= 0.6 is 0 Å². The van der Waals surface area contributed by atoms with E-state index in [1.54, 1.807) is 0 Å². The highest BCUT2D eigenvalue weighted by molar-refractivity contribution is 5.75. The fourth-order valence-electron chi connectivity index (χ4n) is 2.43. The van der Waals surface area contributed by atoms with Gasteiger partial charge in [0.2, 0.25) is 5.91 Å². The van der Waals surface area contributed by atoms with Crippen molar-refractivity contribution >= 4 is 5.91 Å². The molecule has 1 unspecified atom stereocenters. The molecule has 0 spiro atoms. The van der Waals surface area contributed by atoms with Crippen LogP contribution in [-0.2, 0) is 9.53 Å². The Hall–Kier alpha value is -0.650. The first-order valence-electron chi connectivity index (χ1n) is 7.38. The third-order valence-corrected chi connectivity index (χ3v) is 3.62. The zero-order valence-corrected chi connectivity index (χ0v) is 12.6. The lowest BCUT2D eigenvalue weighted by atomic mass is 10.0. The van der Waals surface area contributed by atoms with E-state index in [-0.39, 0.29) is 5.91 Å². The van der Waals surface area contributed by atoms with E-state index in [0.717, 1.165) is 45.8 Å². The Morgan fingerprint density at radius 3 is 2.58 bits per heavy atom. The minimum atomic E-state index is 0.161. The monoisotopic (exact) mass is 271 g/mol. The fourth-order valence-corrected chi connectivity index (χ4v) is 2.43. The zero-order valence-electron chi connectivity index (χ0n) is 12.6. The van der Waals surface area contributed by atoms with Gasteiger partial charge in [0.1, 0.15) is 0 Å². The number of carbonyl (C=O) groups excluding carboxylic acids is 1. The van der Waals surface area contributed by atoms with Crippen LogP contribution in [0.2, 0.25) is 0 Å². The third kappa shape index (κ3) is 6.36. The molecule has 5 nitrogen and oxygen atoms in total. The van der Waals surface area contributed by atoms with E-state index in [4.69, 9.17) is 4.74 Å². The molecule has 0 bridgehead atoms. The van der Waals surface area contributed by atoms with E-state index in [1.807, 2.05) is 7.05 Å². The van der Waals surface area contributed by atoms with Gasteiger partial charge < -0.3 is 15.4 Å². The van der Waals surface area contributed by atoms with Crippen LogP contribution in [0.25, 0.3) is 0 Å². The highest BCUT2D eigenvalue weighted by atomic mass is 16.5. The lowest BCUT2D eigenvalue weighted by molar-refractivity contribution is -0.121. The summed E-state index contributed by atoms with van der Waals surface area (Å²) in [5.41, 5.74) is 0. The largest absolute Gasteiger partial charge is 0.379 e. The summed E-state index contributed by atoms with van der Waals surface area (Å²) < 4.78 is 5.38. The standard InChI is InChI=1S/C14H29N3O2/c1-12(2)13(17-7-9-19-10-8-17)11-16-14(18)5-4-6-15-3/h12-13,15H,4-11H2,1-3H3,(H,16,18). The van der Waals surface area contributed by atoms with Crippen molar-refractivity contribution in [3.05, 3.63) is 0 Å². The van der Waals surface area contributed by atoms with Crippen molar-refractivity contribution in [1.29, 1.82) is 0 Å². The molecule has 112 valence electrons. The van der Waals surface area contributed by atoms with Gasteiger partial charge in [-0.25, -0.2) is 0 Å². The van der Waals surface area contributed by atoms with Gasteiger partial charge in [-0.05, 0) is 25.9 Å². The van der Waals surface area contributed by atoms with Crippen molar-refractivity contribution in [3.63, 3.8) is 0 Å². The number of ether oxygens (including phenoxy) is 1. The summed E-state index contributed by atoms with van der Waals surface area (Å²) in [6, 6.07) is 0.414. The summed E-state index contributed by atoms with van der Waals surface area (Å²) in [5, 5.41) is 6.13. The number of morpholine rings is 1. The Morgan fingerprint density at radius 1 is 1.32 bits per heavy atom. The minimum absolute atomic E-state index is 0.161. The molecule has 1 aliphatic rings. The third-order valence-electron chi connectivity index (χ3n) is 3.62. The maximum absolute atomic E-state index is 11.7. The van der Waals surface area contributed by atoms with Crippen molar-refractivity contribution in [2.45, 2.75) is 32.7 Å². The molecule has 1 aliphatic heterocycles. The highest BCUT2D eigenvalue weighted by Gasteiger charge is 2.23. The molecule has 0 saturated carbocycles. The van der Waals surface area contributed by atoms with E-state index in [2.05, 4.69) is 29.4 Å². The minimum Gasteiger partial charge on any atom is -0.379 e. The van der Waals surface area contributed by atoms with Crippen LogP contribution in [0, 0.1) is 5.92 Å². The zero-order chi connectivity index (χ0) is 14.1. The van der Waals surface area contributed by atoms with Crippen LogP contribution in [-0.4, -0.2) is 63.3 Å². The molecule has 1 atom stereocenters. The van der Waals surface area contributed by atoms with Crippen molar-refractivity contribution in [1.82, 2.24) is 15.5 Å². The average Bonchev–Trinajstić information content (AvgIpc) is 2.40. The molecule has 0 aromatic carbocycles. The average molecular weight is 271 g/mol. The molecule has 0 aliphatic carbocycles. The predicted molar refractivity (Wildman–Crippen MR) is 77.2 cm³/mol. The molecular formula is C14H29N3O2. The summed E-state index contributed by atoms with van der Waals surface area (Å²) in [6.07, 6.45) is 1.50. The van der Waals surface area contributed by atoms with E-state index in [1.165, 1.54) is 0 Å². The Balaban J connectivity index is 2.30. The van der Waals surface area contributed by atoms with Gasteiger partial charge in [0.15, 0.2) is 0 Å². The van der Waals surface area contributed by atoms with E-state index >= 15 is 0 Å². The van der Waals surface area contributed by atoms with Gasteiger partial charge in [0, 0.05) is 32.1 Å². The number of hydrogen-bond donors (Lipinski definition) is 2. The second kappa shape index (κ2) is 9.28. The van der Waals surface area contributed by atoms with Gasteiger partial charge in [-0.3, -0.25) is 9.69 Å². The molecule has 0 radical (unpaired) electrons. The first kappa shape index (κ1) is 16.4. The smallest absolute Gasteiger partial charge is 0.220 e. The first-order chi connectivity index (χ1) is 9.15. The quantitative estimate of drug-likeness (QED) is 0.630. The maximum atomic E-state index is 11.7. The van der Waals surface area contributed by atoms with Gasteiger partial charge in [0.25, 0.3) is 0 Å². The summed E-state index contributed by atoms with van der Waals surface area (Å²) in [5.74, 6) is 0.699. The van der Waals surface area contributed by atoms with Crippen molar-refractivity contribution in [3.8, 4) is 0 Å². The molecule has 1 rings (SSSR count). The number of nitrogens with one attached hydrogen (secondary N) is 2. The highest BCUT2D eigenvalue weighted by Crippen LogP contribution is 2.12. The Labute approximate surface area is 117 Å². The first-order valence-corrected chi connectivity index (χ1v) is 7.38. The van der Waals surface area contributed by atoms with Gasteiger partial charge in [0.05, 0.1) is 13.2 Å². The topological polar surface area (TPSA) is 53.6 Å². The fraction of sp³-hybridized carbons (Fsp3) is 0.929. The van der Waals surface area contributed by atoms with Crippen LogP contribution in [0.1, 0.15) is 26.7 Å². The number of amides is 1. The molecular weight excluding hydrogens is 242 g/mol. The van der Waals surface area contributed by atoms with E-state index < -0.39 is 0 Å². The van der Waals surface area contributed by atoms with Crippen LogP contribution in [0.4, 0.5) is 0 Å². The van der Waals surface area contributed by atoms with Gasteiger partial charge >= 0.3 is 0 Å². The van der Waals surface area contributed by atoms with Gasteiger partial charge in [-0.15, -0.1) is 0 Å². The van der Waals surface area contributed by atoms with E-state index in [0.29, 0.717) is 18.4 Å². The van der Waals surface area contributed by atoms with E-state index in [9.17, 15) is 4.79 Å². The molecule has 0 aromatic heterocycles. The summed E-state index contributed by atoms with van der Waals surface area (Å²) in [6.45, 7) is 9.62. The van der Waals surface area contributed by atoms with Crippen LogP contribution < -0.4 is 10.6 Å². The molecule has 5 heteroatoms. The Bertz CT molecular complexity index is 253. The second-order valence-electron chi connectivity index (χ2n) is 5.47. The molecule has 1 fully saturated rings. The summed E-state index contributed by atoms with van der Waals surface area (Å²) in [7, 11) is 1.91. The van der Waals surface area contributed by atoms with Crippen LogP contribution in [0.3, 0.4) is 0 Å². The Morgan fingerprint density at radius 2 is 2.00 bits per heavy atom. The molecule has 1 saturated heterocycles. The normalized spacial score (nSPS) is 18.5. The summed E-state index contributed by atoms with van der Waals surface area (Å²) >= 11 is 0. The molecule has 2 N–H and O–H groups in total. The lowest BCUT2D eigenvalue weighted by Gasteiger charge is -2.36. The SMILES string of the molecule is CNCCCC(=O)NCC(C(C)C)N1CCOCC1. The number of rotatable bonds is 8. The maximum Gasteiger partial charge on any atom is 0.220 e.